The van der Waals surface area contributed by atoms with Gasteiger partial charge < -0.3 is 15.1 Å². The lowest BCUT2D eigenvalue weighted by molar-refractivity contribution is -0.151. The van der Waals surface area contributed by atoms with E-state index in [9.17, 15) is 9.59 Å². The molecule has 0 atom stereocenters. The van der Waals surface area contributed by atoms with Gasteiger partial charge in [-0.15, -0.1) is 0 Å². The van der Waals surface area contributed by atoms with Crippen molar-refractivity contribution in [3.8, 4) is 0 Å². The summed E-state index contributed by atoms with van der Waals surface area (Å²) < 4.78 is 0. The molecule has 1 fully saturated rings. The molecule has 6 nitrogen and oxygen atoms in total. The molecule has 1 aromatic rings. The summed E-state index contributed by atoms with van der Waals surface area (Å²) in [4.78, 5) is 31.2. The largest absolute Gasteiger partial charge is 0.337 e. The average Bonchev–Trinajstić information content (AvgIpc) is 2.53. The topological polar surface area (TPSA) is 65.5 Å². The van der Waals surface area contributed by atoms with Crippen molar-refractivity contribution in [1.29, 1.82) is 0 Å². The van der Waals surface area contributed by atoms with Crippen LogP contribution in [-0.2, 0) is 16.0 Å². The summed E-state index contributed by atoms with van der Waals surface area (Å²) in [6.45, 7) is 3.23. The van der Waals surface area contributed by atoms with Gasteiger partial charge in [0.2, 0.25) is 0 Å². The van der Waals surface area contributed by atoms with Crippen molar-refractivity contribution in [3.63, 3.8) is 0 Å². The second-order valence-electron chi connectivity index (χ2n) is 4.87. The first kappa shape index (κ1) is 14.5. The second-order valence-corrected chi connectivity index (χ2v) is 4.87. The van der Waals surface area contributed by atoms with Gasteiger partial charge in [0.25, 0.3) is 0 Å². The molecule has 1 aliphatic rings. The van der Waals surface area contributed by atoms with Gasteiger partial charge >= 0.3 is 11.8 Å². The minimum Gasteiger partial charge on any atom is -0.337 e. The maximum absolute atomic E-state index is 12.1. The molecule has 20 heavy (non-hydrogen) atoms. The molecule has 1 saturated heterocycles. The molecule has 0 bridgehead atoms. The van der Waals surface area contributed by atoms with Gasteiger partial charge in [0, 0.05) is 52.2 Å². The Bertz CT molecular complexity index is 458. The molecule has 0 saturated carbocycles. The van der Waals surface area contributed by atoms with Crippen LogP contribution in [0.2, 0.25) is 0 Å². The number of carbonyl (C=O) groups is 2. The third kappa shape index (κ3) is 3.77. The van der Waals surface area contributed by atoms with E-state index in [1.165, 1.54) is 4.90 Å². The van der Waals surface area contributed by atoms with E-state index in [0.717, 1.165) is 25.1 Å². The molecule has 0 aromatic carbocycles. The van der Waals surface area contributed by atoms with Crippen LogP contribution in [0.15, 0.2) is 24.5 Å². The van der Waals surface area contributed by atoms with Crippen LogP contribution in [0.4, 0.5) is 0 Å². The number of rotatable bonds is 3. The van der Waals surface area contributed by atoms with Gasteiger partial charge in [-0.25, -0.2) is 0 Å². The molecule has 1 aromatic heterocycles. The second kappa shape index (κ2) is 7.00. The van der Waals surface area contributed by atoms with E-state index in [2.05, 4.69) is 10.3 Å². The molecular weight excluding hydrogens is 256 g/mol. The summed E-state index contributed by atoms with van der Waals surface area (Å²) in [6.07, 6.45) is 4.17. The Balaban J connectivity index is 1.83. The lowest BCUT2D eigenvalue weighted by Gasteiger charge is -2.28. The Morgan fingerprint density at radius 3 is 2.60 bits per heavy atom. The van der Waals surface area contributed by atoms with Crippen LogP contribution in [0.1, 0.15) is 5.56 Å². The lowest BCUT2D eigenvalue weighted by atomic mass is 10.2. The normalized spacial score (nSPS) is 14.9. The number of piperazine rings is 1. The molecule has 2 amide bonds. The van der Waals surface area contributed by atoms with E-state index in [1.807, 2.05) is 12.1 Å². The molecule has 1 N–H and O–H groups in total. The van der Waals surface area contributed by atoms with Crippen LogP contribution < -0.4 is 5.32 Å². The van der Waals surface area contributed by atoms with Crippen molar-refractivity contribution in [2.24, 2.45) is 0 Å². The number of hydrogen-bond donors (Lipinski definition) is 1. The van der Waals surface area contributed by atoms with Crippen LogP contribution in [0.5, 0.6) is 0 Å². The molecule has 0 unspecified atom stereocenters. The third-order valence-corrected chi connectivity index (χ3v) is 3.42. The van der Waals surface area contributed by atoms with Crippen LogP contribution >= 0.6 is 0 Å². The highest BCUT2D eigenvalue weighted by molar-refractivity contribution is 6.34. The van der Waals surface area contributed by atoms with E-state index in [0.29, 0.717) is 19.6 Å². The molecule has 6 heteroatoms. The first-order valence-electron chi connectivity index (χ1n) is 6.82. The first-order chi connectivity index (χ1) is 9.68. The molecule has 1 aliphatic heterocycles. The van der Waals surface area contributed by atoms with Gasteiger partial charge in [-0.05, 0) is 24.1 Å². The smallest absolute Gasteiger partial charge is 0.312 e. The molecule has 0 aliphatic carbocycles. The number of aromatic nitrogens is 1. The zero-order valence-electron chi connectivity index (χ0n) is 11.7. The van der Waals surface area contributed by atoms with Gasteiger partial charge in [0.05, 0.1) is 0 Å². The highest BCUT2D eigenvalue weighted by Crippen LogP contribution is 2.01. The van der Waals surface area contributed by atoms with E-state index < -0.39 is 11.8 Å². The van der Waals surface area contributed by atoms with Crippen LogP contribution in [-0.4, -0.2) is 66.4 Å². The maximum atomic E-state index is 12.1. The van der Waals surface area contributed by atoms with Gasteiger partial charge in [-0.3, -0.25) is 14.6 Å². The minimum absolute atomic E-state index is 0.399. The third-order valence-electron chi connectivity index (χ3n) is 3.42. The number of carbonyl (C=O) groups excluding carboxylic acids is 2. The van der Waals surface area contributed by atoms with E-state index in [-0.39, 0.29) is 0 Å². The number of hydrogen-bond acceptors (Lipinski definition) is 4. The predicted molar refractivity (Wildman–Crippen MR) is 75.0 cm³/mol. The van der Waals surface area contributed by atoms with Crippen molar-refractivity contribution >= 4 is 11.8 Å². The number of nitrogens with one attached hydrogen (secondary N) is 1. The molecule has 108 valence electrons. The summed E-state index contributed by atoms with van der Waals surface area (Å²) in [5.74, 6) is -0.829. The zero-order valence-corrected chi connectivity index (χ0v) is 11.7. The average molecular weight is 276 g/mol. The van der Waals surface area contributed by atoms with Crippen LogP contribution in [0, 0.1) is 0 Å². The summed E-state index contributed by atoms with van der Waals surface area (Å²) >= 11 is 0. The highest BCUT2D eigenvalue weighted by atomic mass is 16.2. The fourth-order valence-corrected chi connectivity index (χ4v) is 2.11. The Morgan fingerprint density at radius 2 is 1.95 bits per heavy atom. The quantitative estimate of drug-likeness (QED) is 0.757. The standard InChI is InChI=1S/C14H20N4O2/c1-17(9-4-12-2-5-15-6-3-12)13(19)14(20)18-10-7-16-8-11-18/h2-3,5-6,16H,4,7-11H2,1H3. The molecule has 0 radical (unpaired) electrons. The summed E-state index contributed by atoms with van der Waals surface area (Å²) in [5, 5.41) is 3.16. The van der Waals surface area contributed by atoms with Crippen LogP contribution in [0.25, 0.3) is 0 Å². The number of nitrogens with zero attached hydrogens (tertiary/aromatic N) is 3. The molecule has 2 heterocycles. The van der Waals surface area contributed by atoms with Crippen molar-refractivity contribution in [1.82, 2.24) is 20.1 Å². The Hall–Kier alpha value is -1.95. The maximum Gasteiger partial charge on any atom is 0.312 e. The fourth-order valence-electron chi connectivity index (χ4n) is 2.11. The van der Waals surface area contributed by atoms with Crippen molar-refractivity contribution in [2.45, 2.75) is 6.42 Å². The van der Waals surface area contributed by atoms with Crippen LogP contribution in [0.3, 0.4) is 0 Å². The number of likely N-dealkylation sites (N-methyl/N-ethyl adjacent to an activating group) is 1. The summed E-state index contributed by atoms with van der Waals surface area (Å²) in [6, 6.07) is 3.83. The SMILES string of the molecule is CN(CCc1ccncc1)C(=O)C(=O)N1CCNCC1. The Morgan fingerprint density at radius 1 is 1.30 bits per heavy atom. The van der Waals surface area contributed by atoms with Crippen molar-refractivity contribution < 1.29 is 9.59 Å². The van der Waals surface area contributed by atoms with Gasteiger partial charge in [0.15, 0.2) is 0 Å². The molecule has 2 rings (SSSR count). The van der Waals surface area contributed by atoms with Gasteiger partial charge in [-0.1, -0.05) is 0 Å². The van der Waals surface area contributed by atoms with E-state index in [1.54, 1.807) is 24.3 Å². The Kier molecular flexibility index (Phi) is 5.06. The molecule has 0 spiro atoms. The Labute approximate surface area is 118 Å². The summed E-state index contributed by atoms with van der Waals surface area (Å²) in [7, 11) is 1.67. The fraction of sp³-hybridized carbons (Fsp3) is 0.500. The van der Waals surface area contributed by atoms with Crippen molar-refractivity contribution in [2.75, 3.05) is 39.8 Å². The zero-order chi connectivity index (χ0) is 14.4. The first-order valence-corrected chi connectivity index (χ1v) is 6.82. The molecular formula is C14H20N4O2. The van der Waals surface area contributed by atoms with Crippen molar-refractivity contribution in [3.05, 3.63) is 30.1 Å². The van der Waals surface area contributed by atoms with E-state index >= 15 is 0 Å². The van der Waals surface area contributed by atoms with Gasteiger partial charge in [-0.2, -0.15) is 0 Å². The highest BCUT2D eigenvalue weighted by Gasteiger charge is 2.25. The number of pyridine rings is 1. The number of amides is 2. The minimum atomic E-state index is -0.430. The summed E-state index contributed by atoms with van der Waals surface area (Å²) in [5.41, 5.74) is 1.11. The van der Waals surface area contributed by atoms with Gasteiger partial charge in [0.1, 0.15) is 0 Å². The monoisotopic (exact) mass is 276 g/mol. The lowest BCUT2D eigenvalue weighted by Crippen LogP contribution is -2.51. The van der Waals surface area contributed by atoms with E-state index in [4.69, 9.17) is 0 Å². The predicted octanol–water partition coefficient (Wildman–Crippen LogP) is -0.486.